The molecule has 0 saturated heterocycles. The molecule has 1 N–H and O–H groups in total. The van der Waals surface area contributed by atoms with Crippen LogP contribution in [0.5, 0.6) is 0 Å². The van der Waals surface area contributed by atoms with Gasteiger partial charge < -0.3 is 10.0 Å². The monoisotopic (exact) mass is 293 g/mol. The van der Waals surface area contributed by atoms with Gasteiger partial charge in [-0.05, 0) is 17.7 Å². The van der Waals surface area contributed by atoms with E-state index in [4.69, 9.17) is 5.11 Å². The Bertz CT molecular complexity index is 542. The van der Waals surface area contributed by atoms with Crippen molar-refractivity contribution >= 4 is 11.9 Å². The minimum atomic E-state index is -4.95. The summed E-state index contributed by atoms with van der Waals surface area (Å²) in [6.07, 6.45) is -4.95. The first-order valence-corrected chi connectivity index (χ1v) is 5.38. The summed E-state index contributed by atoms with van der Waals surface area (Å²) in [6.45, 7) is 1.07. The molecule has 0 spiro atoms. The molecule has 1 amide bonds. The van der Waals surface area contributed by atoms with Crippen LogP contribution in [0.15, 0.2) is 18.2 Å². The zero-order valence-corrected chi connectivity index (χ0v) is 10.5. The third kappa shape index (κ3) is 3.25. The Kier molecular flexibility index (Phi) is 4.36. The normalized spacial score (nSPS) is 12.9. The van der Waals surface area contributed by atoms with Crippen molar-refractivity contribution in [1.82, 2.24) is 4.90 Å². The van der Waals surface area contributed by atoms with Gasteiger partial charge in [-0.15, -0.1) is 0 Å². The Labute approximate surface area is 111 Å². The van der Waals surface area contributed by atoms with E-state index in [0.29, 0.717) is 12.1 Å². The number of aliphatic carboxylic acids is 1. The number of carbonyl (C=O) groups excluding carboxylic acids is 1. The van der Waals surface area contributed by atoms with E-state index in [-0.39, 0.29) is 5.56 Å². The number of rotatable bonds is 3. The Morgan fingerprint density at radius 1 is 1.30 bits per heavy atom. The fourth-order valence-corrected chi connectivity index (χ4v) is 1.64. The summed E-state index contributed by atoms with van der Waals surface area (Å²) < 4.78 is 50.9. The molecule has 0 heterocycles. The van der Waals surface area contributed by atoms with E-state index < -0.39 is 35.5 Å². The second kappa shape index (κ2) is 5.48. The lowest BCUT2D eigenvalue weighted by atomic mass is 10.0. The average Bonchev–Trinajstić information content (AvgIpc) is 2.29. The van der Waals surface area contributed by atoms with Crippen LogP contribution < -0.4 is 0 Å². The highest BCUT2D eigenvalue weighted by Crippen LogP contribution is 2.33. The van der Waals surface area contributed by atoms with Gasteiger partial charge in [-0.1, -0.05) is 6.07 Å². The summed E-state index contributed by atoms with van der Waals surface area (Å²) >= 11 is 0. The van der Waals surface area contributed by atoms with Crippen LogP contribution >= 0.6 is 0 Å². The van der Waals surface area contributed by atoms with Crippen LogP contribution in [0.2, 0.25) is 0 Å². The summed E-state index contributed by atoms with van der Waals surface area (Å²) in [5.74, 6) is -3.66. The van der Waals surface area contributed by atoms with Crippen LogP contribution in [-0.4, -0.2) is 28.9 Å². The Morgan fingerprint density at radius 2 is 1.85 bits per heavy atom. The maximum Gasteiger partial charge on any atom is 0.419 e. The van der Waals surface area contributed by atoms with E-state index in [0.717, 1.165) is 24.9 Å². The van der Waals surface area contributed by atoms with Gasteiger partial charge in [0.25, 0.3) is 0 Å². The zero-order chi connectivity index (χ0) is 15.7. The number of hydrogen-bond donors (Lipinski definition) is 1. The Hall–Kier alpha value is -2.12. The van der Waals surface area contributed by atoms with E-state index in [1.807, 2.05) is 0 Å². The molecule has 0 radical (unpaired) electrons. The lowest BCUT2D eigenvalue weighted by molar-refractivity contribution is -0.149. The summed E-state index contributed by atoms with van der Waals surface area (Å²) in [5, 5.41) is 9.04. The molecule has 0 aliphatic rings. The standard InChI is InChI=1S/C12H11F4NO3/c1-6(18)17(2)10(11(19)20)7-3-4-9(13)8(5-7)12(14,15)16/h3-5,10H,1-2H3,(H,19,20). The Morgan fingerprint density at radius 3 is 2.25 bits per heavy atom. The van der Waals surface area contributed by atoms with Gasteiger partial charge in [0.2, 0.25) is 5.91 Å². The first-order chi connectivity index (χ1) is 9.05. The number of carboxylic acids is 1. The lowest BCUT2D eigenvalue weighted by Gasteiger charge is -2.24. The molecule has 0 fully saturated rings. The van der Waals surface area contributed by atoms with E-state index in [2.05, 4.69) is 0 Å². The number of benzene rings is 1. The van der Waals surface area contributed by atoms with Gasteiger partial charge in [0, 0.05) is 14.0 Å². The molecular weight excluding hydrogens is 282 g/mol. The van der Waals surface area contributed by atoms with E-state index in [9.17, 15) is 27.2 Å². The largest absolute Gasteiger partial charge is 0.479 e. The smallest absolute Gasteiger partial charge is 0.419 e. The number of alkyl halides is 3. The molecule has 110 valence electrons. The quantitative estimate of drug-likeness (QED) is 0.871. The number of amides is 1. The van der Waals surface area contributed by atoms with Crippen LogP contribution in [0.3, 0.4) is 0 Å². The molecule has 0 aliphatic carbocycles. The van der Waals surface area contributed by atoms with Crippen LogP contribution in [0.4, 0.5) is 17.6 Å². The molecule has 4 nitrogen and oxygen atoms in total. The number of carbonyl (C=O) groups is 2. The van der Waals surface area contributed by atoms with E-state index >= 15 is 0 Å². The molecule has 0 bridgehead atoms. The van der Waals surface area contributed by atoms with Gasteiger partial charge in [-0.3, -0.25) is 4.79 Å². The SMILES string of the molecule is CC(=O)N(C)C(C(=O)O)c1ccc(F)c(C(F)(F)F)c1. The maximum absolute atomic E-state index is 13.1. The first-order valence-electron chi connectivity index (χ1n) is 5.38. The van der Waals surface area contributed by atoms with Crippen molar-refractivity contribution in [3.8, 4) is 0 Å². The van der Waals surface area contributed by atoms with Crippen molar-refractivity contribution in [2.24, 2.45) is 0 Å². The molecule has 20 heavy (non-hydrogen) atoms. The lowest BCUT2D eigenvalue weighted by Crippen LogP contribution is -2.34. The van der Waals surface area contributed by atoms with E-state index in [1.54, 1.807) is 0 Å². The predicted octanol–water partition coefficient (Wildman–Crippen LogP) is 2.45. The van der Waals surface area contributed by atoms with Gasteiger partial charge in [-0.2, -0.15) is 13.2 Å². The highest BCUT2D eigenvalue weighted by molar-refractivity contribution is 5.83. The van der Waals surface area contributed by atoms with Crippen molar-refractivity contribution in [3.05, 3.63) is 35.1 Å². The first kappa shape index (κ1) is 15.9. The molecule has 1 aromatic carbocycles. The van der Waals surface area contributed by atoms with Crippen molar-refractivity contribution in [1.29, 1.82) is 0 Å². The van der Waals surface area contributed by atoms with Crippen molar-refractivity contribution in [2.45, 2.75) is 19.1 Å². The van der Waals surface area contributed by atoms with Crippen LogP contribution in [0.1, 0.15) is 24.1 Å². The molecular formula is C12H11F4NO3. The van der Waals surface area contributed by atoms with Crippen molar-refractivity contribution in [3.63, 3.8) is 0 Å². The Balaban J connectivity index is 3.36. The minimum Gasteiger partial charge on any atom is -0.479 e. The van der Waals surface area contributed by atoms with Gasteiger partial charge >= 0.3 is 12.1 Å². The zero-order valence-electron chi connectivity index (χ0n) is 10.5. The van der Waals surface area contributed by atoms with Crippen molar-refractivity contribution < 1.29 is 32.3 Å². The van der Waals surface area contributed by atoms with Crippen LogP contribution in [-0.2, 0) is 15.8 Å². The van der Waals surface area contributed by atoms with Gasteiger partial charge in [0.15, 0.2) is 6.04 Å². The third-order valence-electron chi connectivity index (χ3n) is 2.73. The molecule has 0 aliphatic heterocycles. The number of hydrogen-bond acceptors (Lipinski definition) is 2. The van der Waals surface area contributed by atoms with Gasteiger partial charge in [0.05, 0.1) is 5.56 Å². The second-order valence-corrected chi connectivity index (χ2v) is 4.11. The predicted molar refractivity (Wildman–Crippen MR) is 60.2 cm³/mol. The molecule has 1 unspecified atom stereocenters. The molecule has 8 heteroatoms. The summed E-state index contributed by atoms with van der Waals surface area (Å²) in [5.41, 5.74) is -1.90. The average molecular weight is 293 g/mol. The fraction of sp³-hybridized carbons (Fsp3) is 0.333. The number of carboxylic acid groups (broad SMARTS) is 1. The highest BCUT2D eigenvalue weighted by atomic mass is 19.4. The highest BCUT2D eigenvalue weighted by Gasteiger charge is 2.36. The number of likely N-dealkylation sites (N-methyl/N-ethyl adjacent to an activating group) is 1. The second-order valence-electron chi connectivity index (χ2n) is 4.11. The van der Waals surface area contributed by atoms with Crippen LogP contribution in [0, 0.1) is 5.82 Å². The molecule has 1 aromatic rings. The maximum atomic E-state index is 13.1. The third-order valence-corrected chi connectivity index (χ3v) is 2.73. The number of halogens is 4. The van der Waals surface area contributed by atoms with Gasteiger partial charge in [-0.25, -0.2) is 9.18 Å². The summed E-state index contributed by atoms with van der Waals surface area (Å²) in [6, 6.07) is 0.215. The summed E-state index contributed by atoms with van der Waals surface area (Å²) in [7, 11) is 1.14. The number of nitrogens with zero attached hydrogens (tertiary/aromatic N) is 1. The van der Waals surface area contributed by atoms with E-state index in [1.165, 1.54) is 0 Å². The molecule has 0 aromatic heterocycles. The van der Waals surface area contributed by atoms with Gasteiger partial charge in [0.1, 0.15) is 5.82 Å². The fourth-order valence-electron chi connectivity index (χ4n) is 1.64. The summed E-state index contributed by atoms with van der Waals surface area (Å²) in [4.78, 5) is 23.1. The molecule has 1 rings (SSSR count). The molecule has 0 saturated carbocycles. The topological polar surface area (TPSA) is 57.6 Å². The van der Waals surface area contributed by atoms with Crippen molar-refractivity contribution in [2.75, 3.05) is 7.05 Å². The molecule has 1 atom stereocenters. The van der Waals surface area contributed by atoms with Crippen LogP contribution in [0.25, 0.3) is 0 Å². The minimum absolute atomic E-state index is 0.330.